The first-order chi connectivity index (χ1) is 7.34. The molecular formula is C13H25NO2. The summed E-state index contributed by atoms with van der Waals surface area (Å²) >= 11 is 0. The largest absolute Gasteiger partial charge is 0.481 e. The molecule has 0 amide bonds. The van der Waals surface area contributed by atoms with Gasteiger partial charge in [-0.1, -0.05) is 19.8 Å². The molecule has 0 spiro atoms. The number of nitrogens with zero attached hydrogens (tertiary/aromatic N) is 1. The minimum atomic E-state index is -0.706. The molecule has 1 fully saturated rings. The van der Waals surface area contributed by atoms with Crippen LogP contribution in [-0.2, 0) is 4.79 Å². The van der Waals surface area contributed by atoms with Crippen LogP contribution in [0.3, 0.4) is 0 Å². The van der Waals surface area contributed by atoms with Crippen molar-refractivity contribution in [3.05, 3.63) is 0 Å². The third-order valence-electron chi connectivity index (χ3n) is 3.86. The number of aliphatic carboxylic acids is 1. The van der Waals surface area contributed by atoms with Crippen LogP contribution in [-0.4, -0.2) is 35.6 Å². The van der Waals surface area contributed by atoms with Gasteiger partial charge in [-0.15, -0.1) is 0 Å². The van der Waals surface area contributed by atoms with Gasteiger partial charge < -0.3 is 10.0 Å². The van der Waals surface area contributed by atoms with E-state index >= 15 is 0 Å². The van der Waals surface area contributed by atoms with E-state index in [-0.39, 0.29) is 0 Å². The van der Waals surface area contributed by atoms with Crippen LogP contribution in [0.4, 0.5) is 0 Å². The van der Waals surface area contributed by atoms with Crippen molar-refractivity contribution in [1.29, 1.82) is 0 Å². The third kappa shape index (κ3) is 3.21. The van der Waals surface area contributed by atoms with Crippen LogP contribution in [0.2, 0.25) is 0 Å². The molecule has 0 heterocycles. The van der Waals surface area contributed by atoms with E-state index in [0.717, 1.165) is 0 Å². The monoisotopic (exact) mass is 227 g/mol. The minimum Gasteiger partial charge on any atom is -0.481 e. The minimum absolute atomic E-state index is 0.562. The molecule has 1 rings (SSSR count). The smallest absolute Gasteiger partial charge is 0.310 e. The van der Waals surface area contributed by atoms with E-state index in [1.165, 1.54) is 25.7 Å². The van der Waals surface area contributed by atoms with Gasteiger partial charge >= 0.3 is 5.97 Å². The van der Waals surface area contributed by atoms with Crippen LogP contribution in [0.1, 0.15) is 46.5 Å². The van der Waals surface area contributed by atoms with Crippen molar-refractivity contribution in [2.75, 3.05) is 13.6 Å². The second kappa shape index (κ2) is 5.17. The summed E-state index contributed by atoms with van der Waals surface area (Å²) in [5.74, 6) is -0.00819. The van der Waals surface area contributed by atoms with Gasteiger partial charge in [0.15, 0.2) is 0 Å². The van der Waals surface area contributed by atoms with Gasteiger partial charge in [0, 0.05) is 12.6 Å². The Morgan fingerprint density at radius 3 is 2.44 bits per heavy atom. The van der Waals surface area contributed by atoms with E-state index in [1.54, 1.807) is 13.8 Å². The summed E-state index contributed by atoms with van der Waals surface area (Å²) in [6.07, 6.45) is 5.11. The summed E-state index contributed by atoms with van der Waals surface area (Å²) in [4.78, 5) is 13.3. The van der Waals surface area contributed by atoms with Crippen LogP contribution < -0.4 is 0 Å². The molecule has 1 aliphatic carbocycles. The van der Waals surface area contributed by atoms with Gasteiger partial charge in [-0.05, 0) is 39.7 Å². The van der Waals surface area contributed by atoms with Crippen LogP contribution in [0.25, 0.3) is 0 Å². The highest BCUT2D eigenvalue weighted by Gasteiger charge is 2.33. The fraction of sp³-hybridized carbons (Fsp3) is 0.923. The lowest BCUT2D eigenvalue weighted by molar-refractivity contribution is -0.148. The molecule has 16 heavy (non-hydrogen) atoms. The van der Waals surface area contributed by atoms with Crippen molar-refractivity contribution >= 4 is 5.97 Å². The number of carboxylic acid groups (broad SMARTS) is 1. The molecule has 0 aromatic carbocycles. The van der Waals surface area contributed by atoms with Crippen molar-refractivity contribution in [1.82, 2.24) is 4.90 Å². The molecule has 0 aliphatic heterocycles. The van der Waals surface area contributed by atoms with Gasteiger partial charge in [0.1, 0.15) is 0 Å². The van der Waals surface area contributed by atoms with Gasteiger partial charge in [-0.3, -0.25) is 4.79 Å². The zero-order valence-electron chi connectivity index (χ0n) is 11.0. The molecular weight excluding hydrogens is 202 g/mol. The van der Waals surface area contributed by atoms with E-state index in [0.29, 0.717) is 18.5 Å². The fourth-order valence-electron chi connectivity index (χ4n) is 2.76. The molecule has 1 saturated carbocycles. The first-order valence-electron chi connectivity index (χ1n) is 6.28. The standard InChI is InChI=1S/C13H25NO2/c1-10-7-5-6-8-11(10)14(4)9-13(2,3)12(15)16/h10-11H,5-9H2,1-4H3,(H,15,16). The Kier molecular flexibility index (Phi) is 4.36. The highest BCUT2D eigenvalue weighted by Crippen LogP contribution is 2.29. The van der Waals surface area contributed by atoms with Crippen molar-refractivity contribution < 1.29 is 9.90 Å². The molecule has 0 bridgehead atoms. The second-order valence-corrected chi connectivity index (χ2v) is 5.93. The predicted octanol–water partition coefficient (Wildman–Crippen LogP) is 2.61. The zero-order valence-corrected chi connectivity index (χ0v) is 11.0. The quantitative estimate of drug-likeness (QED) is 0.802. The molecule has 2 unspecified atom stereocenters. The molecule has 1 aliphatic rings. The number of carbonyl (C=O) groups is 1. The Morgan fingerprint density at radius 1 is 1.38 bits per heavy atom. The summed E-state index contributed by atoms with van der Waals surface area (Å²) < 4.78 is 0. The SMILES string of the molecule is CC1CCCCC1N(C)CC(C)(C)C(=O)O. The van der Waals surface area contributed by atoms with E-state index in [9.17, 15) is 4.79 Å². The maximum absolute atomic E-state index is 11.1. The number of rotatable bonds is 4. The average Bonchev–Trinajstić information content (AvgIpc) is 2.17. The third-order valence-corrected chi connectivity index (χ3v) is 3.86. The molecule has 1 N–H and O–H groups in total. The van der Waals surface area contributed by atoms with Crippen LogP contribution >= 0.6 is 0 Å². The van der Waals surface area contributed by atoms with Gasteiger partial charge in [0.25, 0.3) is 0 Å². The van der Waals surface area contributed by atoms with Crippen molar-refractivity contribution in [2.24, 2.45) is 11.3 Å². The summed E-state index contributed by atoms with van der Waals surface area (Å²) in [6.45, 7) is 6.53. The fourth-order valence-corrected chi connectivity index (χ4v) is 2.76. The highest BCUT2D eigenvalue weighted by molar-refractivity contribution is 5.73. The summed E-state index contributed by atoms with van der Waals surface area (Å²) in [6, 6.07) is 0.562. The van der Waals surface area contributed by atoms with E-state index in [1.807, 2.05) is 0 Å². The van der Waals surface area contributed by atoms with Crippen LogP contribution in [0, 0.1) is 11.3 Å². The van der Waals surface area contributed by atoms with E-state index < -0.39 is 11.4 Å². The molecule has 3 nitrogen and oxygen atoms in total. The van der Waals surface area contributed by atoms with Crippen LogP contribution in [0.5, 0.6) is 0 Å². The first kappa shape index (κ1) is 13.5. The normalized spacial score (nSPS) is 27.1. The Bertz CT molecular complexity index is 250. The van der Waals surface area contributed by atoms with E-state index in [2.05, 4.69) is 18.9 Å². The molecule has 94 valence electrons. The number of carboxylic acids is 1. The second-order valence-electron chi connectivity index (χ2n) is 5.93. The zero-order chi connectivity index (χ0) is 12.3. The predicted molar refractivity (Wildman–Crippen MR) is 65.5 cm³/mol. The van der Waals surface area contributed by atoms with E-state index in [4.69, 9.17) is 5.11 Å². The maximum Gasteiger partial charge on any atom is 0.310 e. The Labute approximate surface area is 98.8 Å². The summed E-state index contributed by atoms with van der Waals surface area (Å²) in [7, 11) is 2.07. The number of hydrogen-bond acceptors (Lipinski definition) is 2. The summed E-state index contributed by atoms with van der Waals surface area (Å²) in [5, 5.41) is 9.13. The highest BCUT2D eigenvalue weighted by atomic mass is 16.4. The topological polar surface area (TPSA) is 40.5 Å². The number of hydrogen-bond donors (Lipinski definition) is 1. The maximum atomic E-state index is 11.1. The lowest BCUT2D eigenvalue weighted by Crippen LogP contribution is -2.45. The molecule has 2 atom stereocenters. The Balaban J connectivity index is 2.57. The molecule has 0 aromatic rings. The Hall–Kier alpha value is -0.570. The molecule has 3 heteroatoms. The first-order valence-corrected chi connectivity index (χ1v) is 6.28. The van der Waals surface area contributed by atoms with Gasteiger partial charge in [0.2, 0.25) is 0 Å². The molecule has 0 radical (unpaired) electrons. The summed E-state index contributed by atoms with van der Waals surface area (Å²) in [5.41, 5.74) is -0.647. The molecule has 0 aromatic heterocycles. The lowest BCUT2D eigenvalue weighted by atomic mass is 9.83. The Morgan fingerprint density at radius 2 is 1.94 bits per heavy atom. The van der Waals surface area contributed by atoms with Crippen molar-refractivity contribution in [3.63, 3.8) is 0 Å². The van der Waals surface area contributed by atoms with Crippen molar-refractivity contribution in [2.45, 2.75) is 52.5 Å². The molecule has 0 saturated heterocycles. The van der Waals surface area contributed by atoms with Gasteiger partial charge in [-0.2, -0.15) is 0 Å². The van der Waals surface area contributed by atoms with Gasteiger partial charge in [-0.25, -0.2) is 0 Å². The lowest BCUT2D eigenvalue weighted by Gasteiger charge is -2.39. The van der Waals surface area contributed by atoms with Crippen molar-refractivity contribution in [3.8, 4) is 0 Å². The van der Waals surface area contributed by atoms with Gasteiger partial charge in [0.05, 0.1) is 5.41 Å². The van der Waals surface area contributed by atoms with Crippen LogP contribution in [0.15, 0.2) is 0 Å². The average molecular weight is 227 g/mol.